The first kappa shape index (κ1) is 11.6. The van der Waals surface area contributed by atoms with Crippen LogP contribution in [0.3, 0.4) is 0 Å². The standard InChI is InChI=1S/C11H12F2O2/c1-7-4-2-3-5-8(7)9(11(14)15)6-10(12)13/h2-5,9-10H,6H2,1H3,(H,14,15). The van der Waals surface area contributed by atoms with E-state index in [4.69, 9.17) is 5.11 Å². The number of benzene rings is 1. The van der Waals surface area contributed by atoms with Gasteiger partial charge in [0.1, 0.15) is 0 Å². The number of carboxylic acid groups (broad SMARTS) is 1. The van der Waals surface area contributed by atoms with Crippen molar-refractivity contribution in [2.24, 2.45) is 0 Å². The van der Waals surface area contributed by atoms with Crippen LogP contribution in [0.2, 0.25) is 0 Å². The monoisotopic (exact) mass is 214 g/mol. The van der Waals surface area contributed by atoms with Gasteiger partial charge in [0.05, 0.1) is 5.92 Å². The van der Waals surface area contributed by atoms with E-state index in [1.807, 2.05) is 0 Å². The third-order valence-corrected chi connectivity index (χ3v) is 2.28. The quantitative estimate of drug-likeness (QED) is 0.836. The maximum Gasteiger partial charge on any atom is 0.311 e. The summed E-state index contributed by atoms with van der Waals surface area (Å²) < 4.78 is 24.4. The second-order valence-electron chi connectivity index (χ2n) is 3.37. The molecule has 0 radical (unpaired) electrons. The third-order valence-electron chi connectivity index (χ3n) is 2.28. The summed E-state index contributed by atoms with van der Waals surface area (Å²) >= 11 is 0. The number of aryl methyl sites for hydroxylation is 1. The summed E-state index contributed by atoms with van der Waals surface area (Å²) in [5, 5.41) is 8.87. The predicted octanol–water partition coefficient (Wildman–Crippen LogP) is 2.82. The topological polar surface area (TPSA) is 37.3 Å². The molecule has 0 bridgehead atoms. The first-order valence-corrected chi connectivity index (χ1v) is 4.59. The molecule has 1 atom stereocenters. The highest BCUT2D eigenvalue weighted by Crippen LogP contribution is 2.25. The molecule has 0 aliphatic carbocycles. The molecule has 1 N–H and O–H groups in total. The van der Waals surface area contributed by atoms with Crippen LogP contribution in [0.15, 0.2) is 24.3 Å². The lowest BCUT2D eigenvalue weighted by molar-refractivity contribution is -0.139. The molecule has 1 aromatic rings. The Labute approximate surface area is 86.5 Å². The van der Waals surface area contributed by atoms with Gasteiger partial charge in [0.15, 0.2) is 0 Å². The van der Waals surface area contributed by atoms with Gasteiger partial charge in [-0.15, -0.1) is 0 Å². The number of rotatable bonds is 4. The molecule has 0 fully saturated rings. The van der Waals surface area contributed by atoms with Crippen LogP contribution in [0.4, 0.5) is 8.78 Å². The van der Waals surface area contributed by atoms with E-state index in [9.17, 15) is 13.6 Å². The normalized spacial score (nSPS) is 12.8. The van der Waals surface area contributed by atoms with Gasteiger partial charge in [0.2, 0.25) is 6.43 Å². The van der Waals surface area contributed by atoms with Crippen LogP contribution >= 0.6 is 0 Å². The summed E-state index contributed by atoms with van der Waals surface area (Å²) in [6.45, 7) is 1.72. The summed E-state index contributed by atoms with van der Waals surface area (Å²) in [7, 11) is 0. The molecular weight excluding hydrogens is 202 g/mol. The number of hydrogen-bond donors (Lipinski definition) is 1. The molecule has 1 aromatic carbocycles. The lowest BCUT2D eigenvalue weighted by Gasteiger charge is -2.14. The minimum atomic E-state index is -2.61. The minimum absolute atomic E-state index is 0.463. The number of alkyl halides is 2. The zero-order chi connectivity index (χ0) is 11.4. The maximum absolute atomic E-state index is 12.2. The number of halogens is 2. The molecule has 0 heterocycles. The van der Waals surface area contributed by atoms with Gasteiger partial charge < -0.3 is 5.11 Å². The van der Waals surface area contributed by atoms with Crippen molar-refractivity contribution >= 4 is 5.97 Å². The molecule has 82 valence electrons. The fraction of sp³-hybridized carbons (Fsp3) is 0.364. The lowest BCUT2D eigenvalue weighted by Crippen LogP contribution is -2.15. The van der Waals surface area contributed by atoms with Crippen molar-refractivity contribution in [2.45, 2.75) is 25.7 Å². The summed E-state index contributed by atoms with van der Waals surface area (Å²) in [6.07, 6.45) is -3.24. The van der Waals surface area contributed by atoms with Gasteiger partial charge in [-0.3, -0.25) is 4.79 Å². The highest BCUT2D eigenvalue weighted by Gasteiger charge is 2.25. The second-order valence-corrected chi connectivity index (χ2v) is 3.37. The molecule has 0 spiro atoms. The van der Waals surface area contributed by atoms with E-state index in [2.05, 4.69) is 0 Å². The Bertz CT molecular complexity index is 350. The van der Waals surface area contributed by atoms with Gasteiger partial charge in [-0.25, -0.2) is 8.78 Å². The van der Waals surface area contributed by atoms with Crippen LogP contribution in [-0.2, 0) is 4.79 Å². The van der Waals surface area contributed by atoms with Gasteiger partial charge in [-0.2, -0.15) is 0 Å². The lowest BCUT2D eigenvalue weighted by atomic mass is 9.92. The molecular formula is C11H12F2O2. The SMILES string of the molecule is Cc1ccccc1C(CC(F)F)C(=O)O. The van der Waals surface area contributed by atoms with E-state index in [1.165, 1.54) is 0 Å². The molecule has 0 aliphatic heterocycles. The Morgan fingerprint density at radius 2 is 2.00 bits per heavy atom. The van der Waals surface area contributed by atoms with Gasteiger partial charge in [-0.1, -0.05) is 24.3 Å². The van der Waals surface area contributed by atoms with Crippen LogP contribution in [0.1, 0.15) is 23.5 Å². The average molecular weight is 214 g/mol. The Balaban J connectivity index is 2.99. The molecule has 0 aromatic heterocycles. The molecule has 0 aliphatic rings. The molecule has 0 saturated heterocycles. The smallest absolute Gasteiger partial charge is 0.311 e. The predicted molar refractivity (Wildman–Crippen MR) is 52.2 cm³/mol. The largest absolute Gasteiger partial charge is 0.481 e. The Kier molecular flexibility index (Phi) is 3.77. The summed E-state index contributed by atoms with van der Waals surface area (Å²) in [5.41, 5.74) is 1.19. The third kappa shape index (κ3) is 3.01. The first-order chi connectivity index (χ1) is 7.02. The Morgan fingerprint density at radius 3 is 2.47 bits per heavy atom. The van der Waals surface area contributed by atoms with E-state index < -0.39 is 24.7 Å². The fourth-order valence-electron chi connectivity index (χ4n) is 1.52. The van der Waals surface area contributed by atoms with Crippen molar-refractivity contribution in [3.05, 3.63) is 35.4 Å². The Morgan fingerprint density at radius 1 is 1.40 bits per heavy atom. The van der Waals surface area contributed by atoms with Crippen molar-refractivity contribution in [3.63, 3.8) is 0 Å². The van der Waals surface area contributed by atoms with E-state index in [-0.39, 0.29) is 0 Å². The highest BCUT2D eigenvalue weighted by atomic mass is 19.3. The molecule has 1 rings (SSSR count). The van der Waals surface area contributed by atoms with E-state index in [1.54, 1.807) is 31.2 Å². The first-order valence-electron chi connectivity index (χ1n) is 4.59. The number of aliphatic carboxylic acids is 1. The number of carboxylic acids is 1. The summed E-state index contributed by atoms with van der Waals surface area (Å²) in [5.74, 6) is -2.32. The van der Waals surface area contributed by atoms with Crippen LogP contribution < -0.4 is 0 Å². The van der Waals surface area contributed by atoms with Crippen molar-refractivity contribution < 1.29 is 18.7 Å². The molecule has 4 heteroatoms. The summed E-state index contributed by atoms with van der Waals surface area (Å²) in [4.78, 5) is 10.9. The zero-order valence-electron chi connectivity index (χ0n) is 8.28. The van der Waals surface area contributed by atoms with Crippen molar-refractivity contribution in [1.82, 2.24) is 0 Å². The molecule has 15 heavy (non-hydrogen) atoms. The number of hydrogen-bond acceptors (Lipinski definition) is 1. The van der Waals surface area contributed by atoms with Crippen molar-refractivity contribution in [2.75, 3.05) is 0 Å². The van der Waals surface area contributed by atoms with Crippen LogP contribution in [0, 0.1) is 6.92 Å². The summed E-state index contributed by atoms with van der Waals surface area (Å²) in [6, 6.07) is 6.71. The molecule has 0 amide bonds. The number of carbonyl (C=O) groups is 1. The second kappa shape index (κ2) is 4.87. The molecule has 1 unspecified atom stereocenters. The fourth-order valence-corrected chi connectivity index (χ4v) is 1.52. The van der Waals surface area contributed by atoms with E-state index in [0.717, 1.165) is 5.56 Å². The van der Waals surface area contributed by atoms with Crippen LogP contribution in [-0.4, -0.2) is 17.5 Å². The van der Waals surface area contributed by atoms with Gasteiger partial charge in [0, 0.05) is 6.42 Å². The van der Waals surface area contributed by atoms with Crippen molar-refractivity contribution in [1.29, 1.82) is 0 Å². The van der Waals surface area contributed by atoms with Crippen LogP contribution in [0.25, 0.3) is 0 Å². The Hall–Kier alpha value is -1.45. The maximum atomic E-state index is 12.2. The van der Waals surface area contributed by atoms with E-state index >= 15 is 0 Å². The molecule has 2 nitrogen and oxygen atoms in total. The van der Waals surface area contributed by atoms with E-state index in [0.29, 0.717) is 5.56 Å². The van der Waals surface area contributed by atoms with Crippen molar-refractivity contribution in [3.8, 4) is 0 Å². The minimum Gasteiger partial charge on any atom is -0.481 e. The van der Waals surface area contributed by atoms with Gasteiger partial charge in [0.25, 0.3) is 0 Å². The zero-order valence-corrected chi connectivity index (χ0v) is 8.28. The van der Waals surface area contributed by atoms with Gasteiger partial charge in [-0.05, 0) is 18.1 Å². The van der Waals surface area contributed by atoms with Crippen LogP contribution in [0.5, 0.6) is 0 Å². The van der Waals surface area contributed by atoms with Gasteiger partial charge >= 0.3 is 5.97 Å². The highest BCUT2D eigenvalue weighted by molar-refractivity contribution is 5.76. The average Bonchev–Trinajstić information content (AvgIpc) is 2.15. The molecule has 0 saturated carbocycles.